The van der Waals surface area contributed by atoms with Crippen LogP contribution in [0.1, 0.15) is 43.3 Å². The van der Waals surface area contributed by atoms with Crippen molar-refractivity contribution < 1.29 is 23.5 Å². The highest BCUT2D eigenvalue weighted by Gasteiger charge is 2.27. The van der Waals surface area contributed by atoms with Crippen molar-refractivity contribution in [2.75, 3.05) is 20.2 Å². The number of amides is 1. The summed E-state index contributed by atoms with van der Waals surface area (Å²) in [5, 5.41) is 2.87. The van der Waals surface area contributed by atoms with Gasteiger partial charge in [-0.1, -0.05) is 0 Å². The molecule has 0 bridgehead atoms. The van der Waals surface area contributed by atoms with Crippen molar-refractivity contribution in [1.29, 1.82) is 0 Å². The Kier molecular flexibility index (Phi) is 5.30. The van der Waals surface area contributed by atoms with E-state index in [2.05, 4.69) is 10.2 Å². The molecule has 1 unspecified atom stereocenters. The molecule has 0 radical (unpaired) electrons. The van der Waals surface area contributed by atoms with Crippen LogP contribution in [0.5, 0.6) is 0 Å². The SMILES string of the molecule is COC(=O)c1ccoc1CN1CCC(NC(=O)OC(C)(C)C)C1. The second-order valence-electron chi connectivity index (χ2n) is 6.62. The molecule has 2 rings (SSSR count). The summed E-state index contributed by atoms with van der Waals surface area (Å²) in [6.07, 6.45) is 1.90. The molecule has 23 heavy (non-hydrogen) atoms. The monoisotopic (exact) mass is 324 g/mol. The van der Waals surface area contributed by atoms with E-state index in [0.717, 1.165) is 13.0 Å². The molecule has 1 aromatic rings. The van der Waals surface area contributed by atoms with Gasteiger partial charge in [0.05, 0.1) is 19.9 Å². The maximum atomic E-state index is 11.8. The predicted octanol–water partition coefficient (Wildman–Crippen LogP) is 2.17. The highest BCUT2D eigenvalue weighted by Crippen LogP contribution is 2.18. The Labute approximate surface area is 135 Å². The minimum Gasteiger partial charge on any atom is -0.467 e. The van der Waals surface area contributed by atoms with Crippen molar-refractivity contribution in [3.63, 3.8) is 0 Å². The quantitative estimate of drug-likeness (QED) is 0.855. The summed E-state index contributed by atoms with van der Waals surface area (Å²) < 4.78 is 15.4. The number of carbonyl (C=O) groups is 2. The largest absolute Gasteiger partial charge is 0.467 e. The number of esters is 1. The third kappa shape index (κ3) is 4.99. The Hall–Kier alpha value is -2.02. The molecule has 1 aliphatic heterocycles. The molecule has 1 aromatic heterocycles. The van der Waals surface area contributed by atoms with Crippen molar-refractivity contribution >= 4 is 12.1 Å². The Balaban J connectivity index is 1.85. The van der Waals surface area contributed by atoms with Crippen LogP contribution in [0.15, 0.2) is 16.7 Å². The predicted molar refractivity (Wildman–Crippen MR) is 83.1 cm³/mol. The zero-order valence-corrected chi connectivity index (χ0v) is 14.0. The van der Waals surface area contributed by atoms with Gasteiger partial charge < -0.3 is 19.2 Å². The van der Waals surface area contributed by atoms with Gasteiger partial charge in [0.2, 0.25) is 0 Å². The van der Waals surface area contributed by atoms with Crippen LogP contribution in [0, 0.1) is 0 Å². The van der Waals surface area contributed by atoms with Crippen molar-refractivity contribution in [3.8, 4) is 0 Å². The lowest BCUT2D eigenvalue weighted by Crippen LogP contribution is -2.40. The van der Waals surface area contributed by atoms with E-state index < -0.39 is 17.7 Å². The molecule has 1 amide bonds. The molecule has 0 spiro atoms. The van der Waals surface area contributed by atoms with Crippen LogP contribution in [0.25, 0.3) is 0 Å². The van der Waals surface area contributed by atoms with E-state index in [1.807, 2.05) is 20.8 Å². The van der Waals surface area contributed by atoms with E-state index in [1.165, 1.54) is 13.4 Å². The van der Waals surface area contributed by atoms with Crippen LogP contribution in [-0.2, 0) is 16.0 Å². The number of nitrogens with one attached hydrogen (secondary N) is 1. The molecule has 128 valence electrons. The van der Waals surface area contributed by atoms with E-state index in [9.17, 15) is 9.59 Å². The van der Waals surface area contributed by atoms with Crippen LogP contribution in [-0.4, -0.2) is 48.8 Å². The lowest BCUT2D eigenvalue weighted by molar-refractivity contribution is 0.0505. The number of hydrogen-bond acceptors (Lipinski definition) is 6. The van der Waals surface area contributed by atoms with Crippen molar-refractivity contribution in [2.45, 2.75) is 45.4 Å². The summed E-state index contributed by atoms with van der Waals surface area (Å²) in [5.41, 5.74) is -0.0672. The normalized spacial score (nSPS) is 18.7. The number of ether oxygens (including phenoxy) is 2. The summed E-state index contributed by atoms with van der Waals surface area (Å²) >= 11 is 0. The van der Waals surface area contributed by atoms with E-state index in [4.69, 9.17) is 13.9 Å². The van der Waals surface area contributed by atoms with Crippen LogP contribution in [0.4, 0.5) is 4.79 Å². The minimum absolute atomic E-state index is 0.0291. The Bertz CT molecular complexity index is 561. The summed E-state index contributed by atoms with van der Waals surface area (Å²) in [7, 11) is 1.34. The molecule has 7 heteroatoms. The Morgan fingerprint density at radius 3 is 2.83 bits per heavy atom. The molecule has 2 heterocycles. The van der Waals surface area contributed by atoms with Crippen LogP contribution < -0.4 is 5.32 Å². The molecular weight excluding hydrogens is 300 g/mol. The fourth-order valence-corrected chi connectivity index (χ4v) is 2.53. The van der Waals surface area contributed by atoms with Crippen LogP contribution in [0.2, 0.25) is 0 Å². The van der Waals surface area contributed by atoms with Gasteiger partial charge in [0, 0.05) is 19.1 Å². The molecule has 1 N–H and O–H groups in total. The third-order valence-corrected chi connectivity index (χ3v) is 3.51. The van der Waals surface area contributed by atoms with Crippen LogP contribution in [0.3, 0.4) is 0 Å². The van der Waals surface area contributed by atoms with Gasteiger partial charge in [-0.3, -0.25) is 4.90 Å². The smallest absolute Gasteiger partial charge is 0.407 e. The number of carbonyl (C=O) groups excluding carboxylic acids is 2. The molecule has 1 atom stereocenters. The standard InChI is InChI=1S/C16H24N2O5/c1-16(2,3)23-15(20)17-11-5-7-18(9-11)10-13-12(6-8-22-13)14(19)21-4/h6,8,11H,5,7,9-10H2,1-4H3,(H,17,20). The molecule has 7 nitrogen and oxygen atoms in total. The fraction of sp³-hybridized carbons (Fsp3) is 0.625. The van der Waals surface area contributed by atoms with Gasteiger partial charge in [-0.15, -0.1) is 0 Å². The van der Waals surface area contributed by atoms with E-state index in [-0.39, 0.29) is 6.04 Å². The molecule has 0 aliphatic carbocycles. The van der Waals surface area contributed by atoms with Gasteiger partial charge in [-0.05, 0) is 33.3 Å². The van der Waals surface area contributed by atoms with E-state index >= 15 is 0 Å². The maximum absolute atomic E-state index is 11.8. The second kappa shape index (κ2) is 7.04. The van der Waals surface area contributed by atoms with Gasteiger partial charge in [0.25, 0.3) is 0 Å². The number of rotatable bonds is 4. The van der Waals surface area contributed by atoms with Gasteiger partial charge in [0.1, 0.15) is 16.9 Å². The third-order valence-electron chi connectivity index (χ3n) is 3.51. The number of methoxy groups -OCH3 is 1. The van der Waals surface area contributed by atoms with Crippen molar-refractivity contribution in [3.05, 3.63) is 23.7 Å². The molecule has 0 aromatic carbocycles. The summed E-state index contributed by atoms with van der Waals surface area (Å²) in [6.45, 7) is 7.49. The molecule has 1 saturated heterocycles. The highest BCUT2D eigenvalue weighted by atomic mass is 16.6. The molecule has 1 fully saturated rings. The first kappa shape index (κ1) is 17.3. The van der Waals surface area contributed by atoms with Crippen LogP contribution >= 0.6 is 0 Å². The van der Waals surface area contributed by atoms with Gasteiger partial charge in [0.15, 0.2) is 0 Å². The van der Waals surface area contributed by atoms with Crippen molar-refractivity contribution in [2.24, 2.45) is 0 Å². The van der Waals surface area contributed by atoms with Gasteiger partial charge in [-0.2, -0.15) is 0 Å². The summed E-state index contributed by atoms with van der Waals surface area (Å²) in [4.78, 5) is 25.5. The maximum Gasteiger partial charge on any atom is 0.407 e. The minimum atomic E-state index is -0.508. The lowest BCUT2D eigenvalue weighted by atomic mass is 10.2. The first-order valence-corrected chi connectivity index (χ1v) is 7.65. The summed E-state index contributed by atoms with van der Waals surface area (Å²) in [6, 6.07) is 1.63. The molecule has 1 aliphatic rings. The number of alkyl carbamates (subject to hydrolysis) is 1. The second-order valence-corrected chi connectivity index (χ2v) is 6.62. The lowest BCUT2D eigenvalue weighted by Gasteiger charge is -2.22. The van der Waals surface area contributed by atoms with E-state index in [0.29, 0.717) is 24.4 Å². The zero-order valence-electron chi connectivity index (χ0n) is 14.0. The van der Waals surface area contributed by atoms with Gasteiger partial charge in [-0.25, -0.2) is 9.59 Å². The fourth-order valence-electron chi connectivity index (χ4n) is 2.53. The first-order chi connectivity index (χ1) is 10.8. The number of likely N-dealkylation sites (tertiary alicyclic amines) is 1. The number of hydrogen-bond donors (Lipinski definition) is 1. The van der Waals surface area contributed by atoms with Crippen molar-refractivity contribution in [1.82, 2.24) is 10.2 Å². The van der Waals surface area contributed by atoms with E-state index in [1.54, 1.807) is 6.07 Å². The topological polar surface area (TPSA) is 81.0 Å². The first-order valence-electron chi connectivity index (χ1n) is 7.65. The highest BCUT2D eigenvalue weighted by molar-refractivity contribution is 5.90. The Morgan fingerprint density at radius 2 is 2.17 bits per heavy atom. The number of nitrogens with zero attached hydrogens (tertiary/aromatic N) is 1. The molecule has 0 saturated carbocycles. The molecular formula is C16H24N2O5. The number of furan rings is 1. The average molecular weight is 324 g/mol. The van der Waals surface area contributed by atoms with Gasteiger partial charge >= 0.3 is 12.1 Å². The Morgan fingerprint density at radius 1 is 1.43 bits per heavy atom. The zero-order chi connectivity index (χ0) is 17.0. The average Bonchev–Trinajstić information content (AvgIpc) is 3.06. The summed E-state index contributed by atoms with van der Waals surface area (Å²) in [5.74, 6) is 0.172.